The fourth-order valence-electron chi connectivity index (χ4n) is 3.02. The number of alkyl carbamates (subject to hydrolysis) is 1. The lowest BCUT2D eigenvalue weighted by Gasteiger charge is -2.07. The normalized spacial score (nSPS) is 28.4. The standard InChI is InChI=1S/C15H17N3O2/c16-13-5-10(13)12-6-17-14-2-1-8(4-11(12)14)3-9-7-20-15(19)18-9/h1-2,4,6,9-10,13,17H,3,5,7,16H2,(H,18,19)/t9-,10?,13?/m0/s1. The third-order valence-electron chi connectivity index (χ3n) is 4.24. The molecule has 5 heteroatoms. The molecular weight excluding hydrogens is 254 g/mol. The molecule has 1 aliphatic carbocycles. The summed E-state index contributed by atoms with van der Waals surface area (Å²) in [4.78, 5) is 14.4. The number of rotatable bonds is 3. The summed E-state index contributed by atoms with van der Waals surface area (Å²) < 4.78 is 4.92. The molecule has 4 rings (SSSR count). The third kappa shape index (κ3) is 1.94. The van der Waals surface area contributed by atoms with Crippen LogP contribution in [0.2, 0.25) is 0 Å². The Balaban J connectivity index is 1.62. The van der Waals surface area contributed by atoms with E-state index in [9.17, 15) is 4.79 Å². The Morgan fingerprint density at radius 1 is 1.40 bits per heavy atom. The second-order valence-corrected chi connectivity index (χ2v) is 5.77. The van der Waals surface area contributed by atoms with Gasteiger partial charge in [-0.25, -0.2) is 4.79 Å². The van der Waals surface area contributed by atoms with Crippen LogP contribution in [0, 0.1) is 0 Å². The van der Waals surface area contributed by atoms with Gasteiger partial charge >= 0.3 is 6.09 Å². The maximum atomic E-state index is 11.1. The molecule has 1 aromatic carbocycles. The van der Waals surface area contributed by atoms with Gasteiger partial charge < -0.3 is 20.8 Å². The Kier molecular flexibility index (Phi) is 2.50. The highest BCUT2D eigenvalue weighted by Gasteiger charge is 2.36. The summed E-state index contributed by atoms with van der Waals surface area (Å²) >= 11 is 0. The highest BCUT2D eigenvalue weighted by Crippen LogP contribution is 2.42. The maximum absolute atomic E-state index is 11.1. The molecule has 0 spiro atoms. The first-order valence-corrected chi connectivity index (χ1v) is 6.99. The minimum atomic E-state index is -0.317. The first kappa shape index (κ1) is 11.8. The molecule has 1 saturated carbocycles. The van der Waals surface area contributed by atoms with E-state index in [2.05, 4.69) is 34.7 Å². The zero-order valence-electron chi connectivity index (χ0n) is 11.1. The van der Waals surface area contributed by atoms with E-state index in [4.69, 9.17) is 10.5 Å². The number of aromatic amines is 1. The number of ether oxygens (including phenoxy) is 1. The average Bonchev–Trinajstić information content (AvgIpc) is 2.85. The molecule has 0 bridgehead atoms. The van der Waals surface area contributed by atoms with Crippen molar-refractivity contribution in [1.29, 1.82) is 0 Å². The smallest absolute Gasteiger partial charge is 0.407 e. The summed E-state index contributed by atoms with van der Waals surface area (Å²) in [6.07, 6.45) is 3.63. The number of nitrogens with two attached hydrogens (primary N) is 1. The number of amides is 1. The molecule has 1 saturated heterocycles. The van der Waals surface area contributed by atoms with Crippen LogP contribution in [0.3, 0.4) is 0 Å². The van der Waals surface area contributed by atoms with Crippen molar-refractivity contribution in [2.75, 3.05) is 6.61 Å². The molecule has 0 radical (unpaired) electrons. The first-order valence-electron chi connectivity index (χ1n) is 6.99. The van der Waals surface area contributed by atoms with Gasteiger partial charge in [0.25, 0.3) is 0 Å². The minimum absolute atomic E-state index is 0.0746. The molecule has 20 heavy (non-hydrogen) atoms. The van der Waals surface area contributed by atoms with Gasteiger partial charge in [-0.3, -0.25) is 0 Å². The first-order chi connectivity index (χ1) is 9.70. The van der Waals surface area contributed by atoms with Crippen LogP contribution in [0.25, 0.3) is 10.9 Å². The number of nitrogens with one attached hydrogen (secondary N) is 2. The van der Waals surface area contributed by atoms with Crippen LogP contribution in [0.1, 0.15) is 23.5 Å². The monoisotopic (exact) mass is 271 g/mol. The summed E-state index contributed by atoms with van der Waals surface area (Å²) in [5.74, 6) is 0.494. The van der Waals surface area contributed by atoms with Crippen molar-refractivity contribution in [3.05, 3.63) is 35.5 Å². The highest BCUT2D eigenvalue weighted by molar-refractivity contribution is 5.85. The highest BCUT2D eigenvalue weighted by atomic mass is 16.6. The quantitative estimate of drug-likeness (QED) is 0.793. The third-order valence-corrected chi connectivity index (χ3v) is 4.24. The lowest BCUT2D eigenvalue weighted by atomic mass is 10.0. The molecule has 1 amide bonds. The molecule has 2 fully saturated rings. The molecule has 1 aliphatic heterocycles. The van der Waals surface area contributed by atoms with Gasteiger partial charge in [-0.2, -0.15) is 0 Å². The Labute approximate surface area is 116 Å². The van der Waals surface area contributed by atoms with Gasteiger partial charge in [0, 0.05) is 29.1 Å². The predicted octanol–water partition coefficient (Wildman–Crippen LogP) is 1.63. The Morgan fingerprint density at radius 2 is 2.25 bits per heavy atom. The van der Waals surface area contributed by atoms with E-state index in [1.165, 1.54) is 16.5 Å². The number of carbonyl (C=O) groups is 1. The fraction of sp³-hybridized carbons (Fsp3) is 0.400. The molecule has 2 unspecified atom stereocenters. The Hall–Kier alpha value is -2.01. The summed E-state index contributed by atoms with van der Waals surface area (Å²) in [5, 5.41) is 4.07. The van der Waals surface area contributed by atoms with Crippen molar-refractivity contribution in [2.24, 2.45) is 5.73 Å². The second-order valence-electron chi connectivity index (χ2n) is 5.77. The van der Waals surface area contributed by atoms with Gasteiger partial charge in [0.05, 0.1) is 6.04 Å². The van der Waals surface area contributed by atoms with Gasteiger partial charge in [-0.1, -0.05) is 6.07 Å². The van der Waals surface area contributed by atoms with E-state index in [1.54, 1.807) is 0 Å². The largest absolute Gasteiger partial charge is 0.447 e. The lowest BCUT2D eigenvalue weighted by Crippen LogP contribution is -2.28. The van der Waals surface area contributed by atoms with Gasteiger partial charge in [-0.05, 0) is 36.1 Å². The number of H-pyrrole nitrogens is 1. The van der Waals surface area contributed by atoms with Crippen LogP contribution in [0.4, 0.5) is 4.79 Å². The van der Waals surface area contributed by atoms with Crippen molar-refractivity contribution in [3.8, 4) is 0 Å². The summed E-state index contributed by atoms with van der Waals surface area (Å²) in [6.45, 7) is 0.449. The van der Waals surface area contributed by atoms with Gasteiger partial charge in [0.2, 0.25) is 0 Å². The molecule has 5 nitrogen and oxygen atoms in total. The average molecular weight is 271 g/mol. The van der Waals surface area contributed by atoms with Gasteiger partial charge in [0.15, 0.2) is 0 Å². The second kappa shape index (κ2) is 4.24. The number of hydrogen-bond donors (Lipinski definition) is 3. The van der Waals surface area contributed by atoms with Crippen LogP contribution in [0.5, 0.6) is 0 Å². The van der Waals surface area contributed by atoms with Gasteiger partial charge in [0.1, 0.15) is 6.61 Å². The van der Waals surface area contributed by atoms with Crippen LogP contribution in [-0.4, -0.2) is 29.8 Å². The summed E-state index contributed by atoms with van der Waals surface area (Å²) in [5.41, 5.74) is 9.64. The molecular formula is C15H17N3O2. The van der Waals surface area contributed by atoms with E-state index in [0.717, 1.165) is 18.4 Å². The van der Waals surface area contributed by atoms with Crippen LogP contribution in [0.15, 0.2) is 24.4 Å². The summed E-state index contributed by atoms with van der Waals surface area (Å²) in [7, 11) is 0. The van der Waals surface area contributed by atoms with Crippen LogP contribution < -0.4 is 11.1 Å². The number of carbonyl (C=O) groups excluding carboxylic acids is 1. The van der Waals surface area contributed by atoms with E-state index >= 15 is 0 Å². The van der Waals surface area contributed by atoms with Gasteiger partial charge in [-0.15, -0.1) is 0 Å². The molecule has 4 N–H and O–H groups in total. The molecule has 104 valence electrons. The molecule has 1 aromatic heterocycles. The van der Waals surface area contributed by atoms with Crippen molar-refractivity contribution in [3.63, 3.8) is 0 Å². The van der Waals surface area contributed by atoms with Crippen molar-refractivity contribution < 1.29 is 9.53 Å². The SMILES string of the molecule is NC1CC1c1c[nH]c2ccc(C[C@H]3COC(=O)N3)cc12. The number of cyclic esters (lactones) is 1. The number of hydrogen-bond acceptors (Lipinski definition) is 3. The van der Waals surface area contributed by atoms with Crippen molar-refractivity contribution in [2.45, 2.75) is 30.8 Å². The Morgan fingerprint density at radius 3 is 2.95 bits per heavy atom. The van der Waals surface area contributed by atoms with Crippen molar-refractivity contribution in [1.82, 2.24) is 10.3 Å². The summed E-state index contributed by atoms with van der Waals surface area (Å²) in [6, 6.07) is 6.78. The Bertz CT molecular complexity index is 679. The predicted molar refractivity (Wildman–Crippen MR) is 75.6 cm³/mol. The number of fused-ring (bicyclic) bond motifs is 1. The van der Waals surface area contributed by atoms with E-state index in [-0.39, 0.29) is 12.1 Å². The zero-order valence-corrected chi connectivity index (χ0v) is 11.1. The van der Waals surface area contributed by atoms with Crippen LogP contribution in [-0.2, 0) is 11.2 Å². The van der Waals surface area contributed by atoms with Crippen molar-refractivity contribution >= 4 is 17.0 Å². The zero-order chi connectivity index (χ0) is 13.7. The molecule has 2 aliphatic rings. The molecule has 2 heterocycles. The topological polar surface area (TPSA) is 80.1 Å². The fourth-order valence-corrected chi connectivity index (χ4v) is 3.02. The maximum Gasteiger partial charge on any atom is 0.407 e. The van der Waals surface area contributed by atoms with E-state index in [0.29, 0.717) is 18.6 Å². The van der Waals surface area contributed by atoms with Crippen LogP contribution >= 0.6 is 0 Å². The lowest BCUT2D eigenvalue weighted by molar-refractivity contribution is 0.177. The number of aromatic nitrogens is 1. The molecule has 2 aromatic rings. The number of benzene rings is 1. The van der Waals surface area contributed by atoms with E-state index < -0.39 is 0 Å². The molecule has 3 atom stereocenters. The van der Waals surface area contributed by atoms with E-state index in [1.807, 2.05) is 0 Å². The minimum Gasteiger partial charge on any atom is -0.447 e.